The van der Waals surface area contributed by atoms with E-state index in [4.69, 9.17) is 11.6 Å². The molecule has 27 heavy (non-hydrogen) atoms. The molecule has 0 atom stereocenters. The first kappa shape index (κ1) is 18.9. The highest BCUT2D eigenvalue weighted by Crippen LogP contribution is 2.20. The van der Waals surface area contributed by atoms with Crippen molar-refractivity contribution in [1.82, 2.24) is 9.55 Å². The molecule has 3 rings (SSSR count). The predicted molar refractivity (Wildman–Crippen MR) is 105 cm³/mol. The van der Waals surface area contributed by atoms with Gasteiger partial charge in [0.2, 0.25) is 5.91 Å². The van der Waals surface area contributed by atoms with Crippen LogP contribution in [0.2, 0.25) is 5.02 Å². The van der Waals surface area contributed by atoms with E-state index in [0.29, 0.717) is 17.3 Å². The highest BCUT2D eigenvalue weighted by Gasteiger charge is 2.10. The molecular weight excluding hydrogens is 388 g/mol. The third kappa shape index (κ3) is 5.32. The van der Waals surface area contributed by atoms with Gasteiger partial charge in [-0.05, 0) is 29.8 Å². The Kier molecular flexibility index (Phi) is 6.10. The Morgan fingerprint density at radius 1 is 1.19 bits per heavy atom. The molecule has 9 heteroatoms. The number of nitrogens with one attached hydrogen (secondary N) is 1. The summed E-state index contributed by atoms with van der Waals surface area (Å²) in [6.45, 7) is 0.628. The molecule has 0 saturated heterocycles. The highest BCUT2D eigenvalue weighted by atomic mass is 35.5. The van der Waals surface area contributed by atoms with E-state index in [9.17, 15) is 14.9 Å². The number of nitro groups is 1. The highest BCUT2D eigenvalue weighted by molar-refractivity contribution is 7.99. The summed E-state index contributed by atoms with van der Waals surface area (Å²) in [5.41, 5.74) is 1.57. The molecule has 0 fully saturated rings. The van der Waals surface area contributed by atoms with Crippen LogP contribution in [0.25, 0.3) is 0 Å². The van der Waals surface area contributed by atoms with Crippen molar-refractivity contribution in [3.05, 3.63) is 81.6 Å². The van der Waals surface area contributed by atoms with Gasteiger partial charge in [-0.2, -0.15) is 0 Å². The zero-order chi connectivity index (χ0) is 19.2. The van der Waals surface area contributed by atoms with Crippen molar-refractivity contribution in [3.63, 3.8) is 0 Å². The summed E-state index contributed by atoms with van der Waals surface area (Å²) in [5.74, 6) is -0.0378. The predicted octanol–water partition coefficient (Wildman–Crippen LogP) is 4.22. The number of nitrogens with zero attached hydrogens (tertiary/aromatic N) is 3. The first-order valence-electron chi connectivity index (χ1n) is 7.94. The van der Waals surface area contributed by atoms with Gasteiger partial charge in [0, 0.05) is 41.8 Å². The molecule has 1 amide bonds. The number of imidazole rings is 1. The molecule has 0 aliphatic rings. The summed E-state index contributed by atoms with van der Waals surface area (Å²) in [7, 11) is 0. The maximum absolute atomic E-state index is 12.1. The number of hydrogen-bond acceptors (Lipinski definition) is 5. The van der Waals surface area contributed by atoms with E-state index in [1.807, 2.05) is 35.0 Å². The molecule has 0 radical (unpaired) electrons. The fraction of sp³-hybridized carbons (Fsp3) is 0.111. The number of aromatic nitrogens is 2. The molecule has 7 nitrogen and oxygen atoms in total. The maximum atomic E-state index is 12.1. The van der Waals surface area contributed by atoms with Gasteiger partial charge in [0.25, 0.3) is 5.69 Å². The van der Waals surface area contributed by atoms with Crippen LogP contribution in [-0.2, 0) is 11.3 Å². The fourth-order valence-electron chi connectivity index (χ4n) is 2.34. The van der Waals surface area contributed by atoms with E-state index < -0.39 is 4.92 Å². The van der Waals surface area contributed by atoms with E-state index in [1.165, 1.54) is 36.0 Å². The van der Waals surface area contributed by atoms with Crippen molar-refractivity contribution in [2.45, 2.75) is 11.7 Å². The lowest BCUT2D eigenvalue weighted by atomic mass is 10.2. The van der Waals surface area contributed by atoms with Crippen LogP contribution < -0.4 is 5.32 Å². The van der Waals surface area contributed by atoms with Crippen molar-refractivity contribution < 1.29 is 9.72 Å². The van der Waals surface area contributed by atoms with Crippen LogP contribution in [0.15, 0.2) is 66.1 Å². The van der Waals surface area contributed by atoms with Crippen molar-refractivity contribution >= 4 is 40.6 Å². The van der Waals surface area contributed by atoms with Gasteiger partial charge in [-0.15, -0.1) is 0 Å². The molecule has 0 bridgehead atoms. The molecule has 0 aliphatic carbocycles. The maximum Gasteiger partial charge on any atom is 0.269 e. The second-order valence-electron chi connectivity index (χ2n) is 5.61. The molecule has 0 saturated carbocycles. The van der Waals surface area contributed by atoms with Crippen LogP contribution >= 0.6 is 23.4 Å². The molecule has 2 aromatic carbocycles. The minimum atomic E-state index is -0.484. The molecule has 138 valence electrons. The Morgan fingerprint density at radius 2 is 1.89 bits per heavy atom. The van der Waals surface area contributed by atoms with Crippen LogP contribution in [0.3, 0.4) is 0 Å². The number of carbonyl (C=O) groups excluding carboxylic acids is 1. The number of amides is 1. The number of nitro benzene ring substituents is 1. The van der Waals surface area contributed by atoms with Gasteiger partial charge in [0.05, 0.1) is 10.7 Å². The number of benzene rings is 2. The van der Waals surface area contributed by atoms with E-state index in [2.05, 4.69) is 10.3 Å². The molecular formula is C18H15ClN4O3S. The monoisotopic (exact) mass is 402 g/mol. The number of anilines is 1. The summed E-state index contributed by atoms with van der Waals surface area (Å²) < 4.78 is 1.95. The lowest BCUT2D eigenvalue weighted by molar-refractivity contribution is -0.384. The lowest BCUT2D eigenvalue weighted by Crippen LogP contribution is -2.14. The normalized spacial score (nSPS) is 10.6. The van der Waals surface area contributed by atoms with Gasteiger partial charge >= 0.3 is 0 Å². The SMILES string of the molecule is O=C(CSc1nccn1Cc1ccc(Cl)cc1)Nc1ccc([N+](=O)[O-])cc1. The molecule has 0 aliphatic heterocycles. The van der Waals surface area contributed by atoms with E-state index in [0.717, 1.165) is 10.7 Å². The number of thioether (sulfide) groups is 1. The molecule has 0 unspecified atom stereocenters. The van der Waals surface area contributed by atoms with Gasteiger partial charge < -0.3 is 9.88 Å². The van der Waals surface area contributed by atoms with E-state index in [1.54, 1.807) is 6.20 Å². The van der Waals surface area contributed by atoms with Crippen LogP contribution in [0, 0.1) is 10.1 Å². The molecule has 0 spiro atoms. The largest absolute Gasteiger partial charge is 0.325 e. The average Bonchev–Trinajstić information content (AvgIpc) is 3.09. The average molecular weight is 403 g/mol. The van der Waals surface area contributed by atoms with Gasteiger partial charge in [-0.25, -0.2) is 4.98 Å². The van der Waals surface area contributed by atoms with Gasteiger partial charge in [-0.1, -0.05) is 35.5 Å². The number of carbonyl (C=O) groups is 1. The van der Waals surface area contributed by atoms with E-state index in [-0.39, 0.29) is 17.3 Å². The van der Waals surface area contributed by atoms with Gasteiger partial charge in [0.15, 0.2) is 5.16 Å². The Balaban J connectivity index is 1.55. The van der Waals surface area contributed by atoms with Crippen LogP contribution in [0.4, 0.5) is 11.4 Å². The first-order valence-corrected chi connectivity index (χ1v) is 9.30. The fourth-order valence-corrected chi connectivity index (χ4v) is 3.22. The Bertz CT molecular complexity index is 942. The third-order valence-electron chi connectivity index (χ3n) is 3.64. The molecule has 3 aromatic rings. The zero-order valence-electron chi connectivity index (χ0n) is 14.0. The van der Waals surface area contributed by atoms with Gasteiger partial charge in [-0.3, -0.25) is 14.9 Å². The van der Waals surface area contributed by atoms with Gasteiger partial charge in [0.1, 0.15) is 0 Å². The molecule has 1 N–H and O–H groups in total. The van der Waals surface area contributed by atoms with Crippen molar-refractivity contribution in [1.29, 1.82) is 0 Å². The quantitative estimate of drug-likeness (QED) is 0.363. The van der Waals surface area contributed by atoms with E-state index >= 15 is 0 Å². The number of hydrogen-bond donors (Lipinski definition) is 1. The lowest BCUT2D eigenvalue weighted by Gasteiger charge is -2.08. The zero-order valence-corrected chi connectivity index (χ0v) is 15.6. The van der Waals surface area contributed by atoms with Crippen molar-refractivity contribution in [3.8, 4) is 0 Å². The number of halogens is 1. The van der Waals surface area contributed by atoms with Crippen LogP contribution in [0.5, 0.6) is 0 Å². The molecule has 1 heterocycles. The second-order valence-corrected chi connectivity index (χ2v) is 6.98. The summed E-state index contributed by atoms with van der Waals surface area (Å²) in [6, 6.07) is 13.3. The Hall–Kier alpha value is -2.84. The summed E-state index contributed by atoms with van der Waals surface area (Å²) >= 11 is 7.22. The standard InChI is InChI=1S/C18H15ClN4O3S/c19-14-3-1-13(2-4-14)11-22-10-9-20-18(22)27-12-17(24)21-15-5-7-16(8-6-15)23(25)26/h1-10H,11-12H2,(H,21,24). The van der Waals surface area contributed by atoms with Crippen molar-refractivity contribution in [2.24, 2.45) is 0 Å². The third-order valence-corrected chi connectivity index (χ3v) is 4.89. The minimum Gasteiger partial charge on any atom is -0.325 e. The van der Waals surface area contributed by atoms with Crippen LogP contribution in [-0.4, -0.2) is 26.1 Å². The summed E-state index contributed by atoms with van der Waals surface area (Å²) in [6.07, 6.45) is 3.54. The van der Waals surface area contributed by atoms with Crippen LogP contribution in [0.1, 0.15) is 5.56 Å². The Morgan fingerprint density at radius 3 is 2.56 bits per heavy atom. The first-order chi connectivity index (χ1) is 13.0. The van der Waals surface area contributed by atoms with Crippen molar-refractivity contribution in [2.75, 3.05) is 11.1 Å². The number of rotatable bonds is 7. The molecule has 1 aromatic heterocycles. The number of non-ortho nitro benzene ring substituents is 1. The Labute approximate surface area is 164 Å². The minimum absolute atomic E-state index is 0.0217. The second kappa shape index (κ2) is 8.70. The summed E-state index contributed by atoms with van der Waals surface area (Å²) in [5, 5.41) is 14.8. The topological polar surface area (TPSA) is 90.1 Å². The smallest absolute Gasteiger partial charge is 0.269 e. The summed E-state index contributed by atoms with van der Waals surface area (Å²) in [4.78, 5) is 26.6.